The van der Waals surface area contributed by atoms with Gasteiger partial charge in [0.2, 0.25) is 0 Å². The van der Waals surface area contributed by atoms with Crippen LogP contribution in [-0.2, 0) is 4.79 Å². The maximum Gasteiger partial charge on any atom is 0.394 e. The van der Waals surface area contributed by atoms with Gasteiger partial charge in [-0.05, 0) is 6.07 Å². The van der Waals surface area contributed by atoms with Gasteiger partial charge in [-0.2, -0.15) is 13.2 Å². The molecule has 3 rings (SSSR count). The first-order valence-corrected chi connectivity index (χ1v) is 7.29. The Morgan fingerprint density at radius 1 is 1.17 bits per heavy atom. The van der Waals surface area contributed by atoms with E-state index in [1.165, 1.54) is 17.2 Å². The van der Waals surface area contributed by atoms with Crippen LogP contribution in [-0.4, -0.2) is 40.3 Å². The molecule has 0 spiro atoms. The van der Waals surface area contributed by atoms with Crippen molar-refractivity contribution < 1.29 is 23.1 Å². The zero-order valence-corrected chi connectivity index (χ0v) is 12.4. The number of carboxylic acid groups (broad SMARTS) is 1. The zero-order chi connectivity index (χ0) is 17.3. The Bertz CT molecular complexity index is 737. The van der Waals surface area contributed by atoms with Crippen molar-refractivity contribution in [1.82, 2.24) is 9.97 Å². The molecule has 0 aliphatic carbocycles. The molecule has 8 heteroatoms. The average Bonchev–Trinajstić information content (AvgIpc) is 3.02. The van der Waals surface area contributed by atoms with Crippen LogP contribution in [0.5, 0.6) is 0 Å². The Kier molecular flexibility index (Phi) is 4.13. The van der Waals surface area contributed by atoms with Gasteiger partial charge in [0.15, 0.2) is 5.82 Å². The van der Waals surface area contributed by atoms with E-state index in [0.29, 0.717) is 11.6 Å². The van der Waals surface area contributed by atoms with Crippen LogP contribution in [0.1, 0.15) is 0 Å². The minimum atomic E-state index is -4.56. The molecule has 1 fully saturated rings. The number of halogens is 3. The van der Waals surface area contributed by atoms with Crippen LogP contribution in [0.15, 0.2) is 42.6 Å². The minimum Gasteiger partial charge on any atom is -0.481 e. The third-order valence-corrected chi connectivity index (χ3v) is 4.05. The van der Waals surface area contributed by atoms with Crippen LogP contribution in [0.4, 0.5) is 19.0 Å². The number of aromatic nitrogens is 2. The molecular formula is C16H14F3N3O2. The van der Waals surface area contributed by atoms with Crippen LogP contribution in [0.2, 0.25) is 0 Å². The lowest BCUT2D eigenvalue weighted by Crippen LogP contribution is -2.33. The highest BCUT2D eigenvalue weighted by molar-refractivity contribution is 5.72. The largest absolute Gasteiger partial charge is 0.481 e. The molecule has 2 atom stereocenters. The van der Waals surface area contributed by atoms with Crippen LogP contribution in [0, 0.1) is 11.8 Å². The number of nitrogens with zero attached hydrogens (tertiary/aromatic N) is 3. The molecule has 0 bridgehead atoms. The van der Waals surface area contributed by atoms with Crippen LogP contribution in [0.25, 0.3) is 11.4 Å². The second-order valence-corrected chi connectivity index (χ2v) is 5.60. The number of alkyl halides is 3. The van der Waals surface area contributed by atoms with Crippen LogP contribution in [0.3, 0.4) is 0 Å². The predicted octanol–water partition coefficient (Wildman–Crippen LogP) is 2.84. The topological polar surface area (TPSA) is 66.3 Å². The molecule has 0 amide bonds. The number of aliphatic carboxylic acids is 1. The smallest absolute Gasteiger partial charge is 0.394 e. The quantitative estimate of drug-likeness (QED) is 0.933. The van der Waals surface area contributed by atoms with Gasteiger partial charge in [0.1, 0.15) is 5.82 Å². The van der Waals surface area contributed by atoms with Gasteiger partial charge in [-0.15, -0.1) is 0 Å². The van der Waals surface area contributed by atoms with E-state index in [-0.39, 0.29) is 6.54 Å². The van der Waals surface area contributed by atoms with Gasteiger partial charge >= 0.3 is 12.1 Å². The number of hydrogen-bond acceptors (Lipinski definition) is 4. The number of rotatable bonds is 3. The number of benzene rings is 1. The summed E-state index contributed by atoms with van der Waals surface area (Å²) in [5.41, 5.74) is 0.737. The van der Waals surface area contributed by atoms with Crippen molar-refractivity contribution in [3.63, 3.8) is 0 Å². The fourth-order valence-corrected chi connectivity index (χ4v) is 2.82. The van der Waals surface area contributed by atoms with E-state index in [9.17, 15) is 18.0 Å². The molecule has 1 N–H and O–H groups in total. The van der Waals surface area contributed by atoms with Crippen molar-refractivity contribution in [1.29, 1.82) is 0 Å². The summed E-state index contributed by atoms with van der Waals surface area (Å²) in [4.78, 5) is 20.9. The second kappa shape index (κ2) is 6.10. The van der Waals surface area contributed by atoms with Crippen molar-refractivity contribution in [2.45, 2.75) is 6.18 Å². The number of anilines is 1. The van der Waals surface area contributed by atoms with Gasteiger partial charge in [-0.3, -0.25) is 4.79 Å². The Balaban J connectivity index is 1.89. The third-order valence-electron chi connectivity index (χ3n) is 4.05. The van der Waals surface area contributed by atoms with Gasteiger partial charge in [0, 0.05) is 24.8 Å². The van der Waals surface area contributed by atoms with Gasteiger partial charge in [-0.25, -0.2) is 9.97 Å². The first kappa shape index (κ1) is 16.2. The first-order valence-electron chi connectivity index (χ1n) is 7.29. The molecule has 1 aromatic carbocycles. The maximum atomic E-state index is 13.1. The molecule has 2 aromatic rings. The Hall–Kier alpha value is -2.64. The summed E-state index contributed by atoms with van der Waals surface area (Å²) < 4.78 is 39.2. The Labute approximate surface area is 135 Å². The molecule has 0 saturated carbocycles. The molecule has 1 aliphatic rings. The van der Waals surface area contributed by atoms with E-state index in [4.69, 9.17) is 5.11 Å². The van der Waals surface area contributed by atoms with Gasteiger partial charge in [0.25, 0.3) is 0 Å². The molecule has 1 aromatic heterocycles. The van der Waals surface area contributed by atoms with E-state index in [0.717, 1.165) is 5.56 Å². The van der Waals surface area contributed by atoms with Crippen molar-refractivity contribution in [2.75, 3.05) is 18.0 Å². The SMILES string of the molecule is O=C(O)[C@@H]1CN(c2ccnc(-c3ccccc3)n2)C[C@H]1C(F)(F)F. The average molecular weight is 337 g/mol. The van der Waals surface area contributed by atoms with Crippen molar-refractivity contribution in [2.24, 2.45) is 11.8 Å². The molecular weight excluding hydrogens is 323 g/mol. The standard InChI is InChI=1S/C16H14F3N3O2/c17-16(18,19)12-9-22(8-11(12)15(23)24)13-6-7-20-14(21-13)10-4-2-1-3-5-10/h1-7,11-12H,8-9H2,(H,23,24)/t11-,12-/m1/s1. The van der Waals surface area contributed by atoms with Gasteiger partial charge in [0.05, 0.1) is 11.8 Å². The van der Waals surface area contributed by atoms with E-state index < -0.39 is 30.5 Å². The number of carbonyl (C=O) groups is 1. The van der Waals surface area contributed by atoms with Crippen molar-refractivity contribution in [3.8, 4) is 11.4 Å². The fraction of sp³-hybridized carbons (Fsp3) is 0.312. The highest BCUT2D eigenvalue weighted by atomic mass is 19.4. The minimum absolute atomic E-state index is 0.231. The summed E-state index contributed by atoms with van der Waals surface area (Å²) in [5.74, 6) is -4.18. The molecule has 1 saturated heterocycles. The monoisotopic (exact) mass is 337 g/mol. The molecule has 1 aliphatic heterocycles. The van der Waals surface area contributed by atoms with Gasteiger partial charge in [-0.1, -0.05) is 30.3 Å². The maximum absolute atomic E-state index is 13.1. The molecule has 5 nitrogen and oxygen atoms in total. The summed E-state index contributed by atoms with van der Waals surface area (Å²) in [7, 11) is 0. The zero-order valence-electron chi connectivity index (χ0n) is 12.4. The fourth-order valence-electron chi connectivity index (χ4n) is 2.82. The van der Waals surface area contributed by atoms with Crippen molar-refractivity contribution >= 4 is 11.8 Å². The summed E-state index contributed by atoms with van der Waals surface area (Å²) in [6, 6.07) is 10.5. The molecule has 0 radical (unpaired) electrons. The first-order chi connectivity index (χ1) is 11.4. The Morgan fingerprint density at radius 3 is 2.46 bits per heavy atom. The van der Waals surface area contributed by atoms with E-state index >= 15 is 0 Å². The molecule has 2 heterocycles. The lowest BCUT2D eigenvalue weighted by molar-refractivity contribution is -0.187. The highest BCUT2D eigenvalue weighted by Crippen LogP contribution is 2.39. The van der Waals surface area contributed by atoms with E-state index in [2.05, 4.69) is 9.97 Å². The Morgan fingerprint density at radius 2 is 1.88 bits per heavy atom. The second-order valence-electron chi connectivity index (χ2n) is 5.60. The third kappa shape index (κ3) is 3.17. The number of hydrogen-bond donors (Lipinski definition) is 1. The molecule has 0 unspecified atom stereocenters. The van der Waals surface area contributed by atoms with Gasteiger partial charge < -0.3 is 10.0 Å². The lowest BCUT2D eigenvalue weighted by atomic mass is 9.96. The highest BCUT2D eigenvalue weighted by Gasteiger charge is 2.52. The van der Waals surface area contributed by atoms with Crippen LogP contribution >= 0.6 is 0 Å². The van der Waals surface area contributed by atoms with E-state index in [1.54, 1.807) is 24.3 Å². The van der Waals surface area contributed by atoms with E-state index in [1.807, 2.05) is 6.07 Å². The number of carboxylic acids is 1. The summed E-state index contributed by atoms with van der Waals surface area (Å²) in [5, 5.41) is 9.08. The lowest BCUT2D eigenvalue weighted by Gasteiger charge is -2.19. The van der Waals surface area contributed by atoms with Crippen molar-refractivity contribution in [3.05, 3.63) is 42.6 Å². The van der Waals surface area contributed by atoms with Crippen LogP contribution < -0.4 is 4.90 Å². The summed E-state index contributed by atoms with van der Waals surface area (Å²) >= 11 is 0. The molecule has 24 heavy (non-hydrogen) atoms. The predicted molar refractivity (Wildman–Crippen MR) is 80.4 cm³/mol. The summed E-state index contributed by atoms with van der Waals surface area (Å²) in [6.07, 6.45) is -3.10. The molecule has 126 valence electrons. The summed E-state index contributed by atoms with van der Waals surface area (Å²) in [6.45, 7) is -0.656. The normalized spacial score (nSPS) is 21.0.